The zero-order chi connectivity index (χ0) is 13.8. The van der Waals surface area contributed by atoms with Gasteiger partial charge in [0.25, 0.3) is 0 Å². The van der Waals surface area contributed by atoms with Crippen LogP contribution in [0.5, 0.6) is 5.75 Å². The lowest BCUT2D eigenvalue weighted by atomic mass is 10.2. The van der Waals surface area contributed by atoms with Gasteiger partial charge in [-0.3, -0.25) is 0 Å². The number of nitrogens with zero attached hydrogens (tertiary/aromatic N) is 3. The first-order chi connectivity index (χ1) is 9.11. The third-order valence-electron chi connectivity index (χ3n) is 2.66. The number of rotatable bonds is 5. The monoisotopic (exact) mass is 268 g/mol. The highest BCUT2D eigenvalue weighted by Gasteiger charge is 2.14. The summed E-state index contributed by atoms with van der Waals surface area (Å²) in [6.45, 7) is -0.959. The van der Waals surface area contributed by atoms with Gasteiger partial charge in [-0.1, -0.05) is 24.3 Å². The molecule has 1 heterocycles. The van der Waals surface area contributed by atoms with E-state index in [0.29, 0.717) is 17.8 Å². The van der Waals surface area contributed by atoms with E-state index in [2.05, 4.69) is 15.0 Å². The second-order valence-electron chi connectivity index (χ2n) is 3.95. The molecule has 0 bridgehead atoms. The Morgan fingerprint density at radius 2 is 2.11 bits per heavy atom. The second kappa shape index (κ2) is 5.75. The molecule has 1 aromatic heterocycles. The summed E-state index contributed by atoms with van der Waals surface area (Å²) in [7, 11) is 0. The summed E-state index contributed by atoms with van der Waals surface area (Å²) in [5.74, 6) is 0.0408. The summed E-state index contributed by atoms with van der Waals surface area (Å²) in [4.78, 5) is 0. The fourth-order valence-corrected chi connectivity index (χ4v) is 1.62. The maximum absolute atomic E-state index is 12.3. The first-order valence-corrected chi connectivity index (χ1v) is 5.84. The number of benzene rings is 1. The summed E-state index contributed by atoms with van der Waals surface area (Å²) >= 11 is 0. The topological polar surface area (TPSA) is 66.0 Å². The predicted octanol–water partition coefficient (Wildman–Crippen LogP) is 2.28. The Balaban J connectivity index is 2.33. The van der Waals surface area contributed by atoms with Crippen molar-refractivity contribution in [2.24, 2.45) is 5.73 Å². The summed E-state index contributed by atoms with van der Waals surface area (Å²) in [5.41, 5.74) is 6.84. The fraction of sp³-hybridized carbons (Fsp3) is 0.333. The maximum Gasteiger partial charge on any atom is 0.387 e. The van der Waals surface area contributed by atoms with Crippen molar-refractivity contribution in [1.29, 1.82) is 0 Å². The van der Waals surface area contributed by atoms with E-state index in [1.807, 2.05) is 6.92 Å². The molecule has 102 valence electrons. The average Bonchev–Trinajstić information content (AvgIpc) is 2.87. The van der Waals surface area contributed by atoms with Crippen molar-refractivity contribution in [2.45, 2.75) is 26.0 Å². The van der Waals surface area contributed by atoms with Crippen molar-refractivity contribution < 1.29 is 13.5 Å². The number of ether oxygens (including phenoxy) is 1. The average molecular weight is 268 g/mol. The highest BCUT2D eigenvalue weighted by atomic mass is 19.3. The zero-order valence-corrected chi connectivity index (χ0v) is 10.3. The normalized spacial score (nSPS) is 12.7. The Hall–Kier alpha value is -2.02. The number of para-hydroxylation sites is 2. The Kier molecular flexibility index (Phi) is 4.06. The van der Waals surface area contributed by atoms with Gasteiger partial charge in [-0.15, -0.1) is 5.10 Å². The lowest BCUT2D eigenvalue weighted by molar-refractivity contribution is -0.0499. The van der Waals surface area contributed by atoms with Gasteiger partial charge in [-0.05, 0) is 18.6 Å². The van der Waals surface area contributed by atoms with E-state index >= 15 is 0 Å². The standard InChI is InChI=1S/C12H14F2N4O/c1-2-8(15)9-7-18(17-16-9)10-5-3-4-6-11(10)19-12(13)14/h3-8,12H,2,15H2,1H3. The van der Waals surface area contributed by atoms with Crippen LogP contribution >= 0.6 is 0 Å². The number of hydrogen-bond acceptors (Lipinski definition) is 4. The highest BCUT2D eigenvalue weighted by molar-refractivity contribution is 5.45. The molecular formula is C12H14F2N4O. The highest BCUT2D eigenvalue weighted by Crippen LogP contribution is 2.24. The molecule has 1 atom stereocenters. The van der Waals surface area contributed by atoms with E-state index in [4.69, 9.17) is 5.73 Å². The number of alkyl halides is 2. The third kappa shape index (κ3) is 3.05. The van der Waals surface area contributed by atoms with Gasteiger partial charge in [0.1, 0.15) is 5.69 Å². The van der Waals surface area contributed by atoms with Crippen LogP contribution in [0.15, 0.2) is 30.5 Å². The van der Waals surface area contributed by atoms with Crippen LogP contribution in [0.25, 0.3) is 5.69 Å². The minimum atomic E-state index is -2.89. The van der Waals surface area contributed by atoms with Gasteiger partial charge in [-0.25, -0.2) is 4.68 Å². The lowest BCUT2D eigenvalue weighted by Gasteiger charge is -2.09. The van der Waals surface area contributed by atoms with E-state index in [9.17, 15) is 8.78 Å². The molecule has 0 aliphatic heterocycles. The summed E-state index contributed by atoms with van der Waals surface area (Å²) in [5, 5.41) is 7.81. The third-order valence-corrected chi connectivity index (χ3v) is 2.66. The Morgan fingerprint density at radius 3 is 2.79 bits per heavy atom. The minimum absolute atomic E-state index is 0.0408. The number of hydrogen-bond donors (Lipinski definition) is 1. The number of nitrogens with two attached hydrogens (primary N) is 1. The number of aromatic nitrogens is 3. The minimum Gasteiger partial charge on any atom is -0.433 e. The van der Waals surface area contributed by atoms with Gasteiger partial charge in [-0.2, -0.15) is 8.78 Å². The molecule has 0 aliphatic rings. The van der Waals surface area contributed by atoms with Crippen molar-refractivity contribution in [3.05, 3.63) is 36.2 Å². The van der Waals surface area contributed by atoms with Gasteiger partial charge < -0.3 is 10.5 Å². The van der Waals surface area contributed by atoms with Crippen LogP contribution < -0.4 is 10.5 Å². The quantitative estimate of drug-likeness (QED) is 0.903. The zero-order valence-electron chi connectivity index (χ0n) is 10.3. The van der Waals surface area contributed by atoms with Gasteiger partial charge in [0.2, 0.25) is 0 Å². The van der Waals surface area contributed by atoms with Gasteiger partial charge >= 0.3 is 6.61 Å². The van der Waals surface area contributed by atoms with Gasteiger partial charge in [0.05, 0.1) is 17.9 Å². The van der Waals surface area contributed by atoms with Gasteiger partial charge in [0.15, 0.2) is 5.75 Å². The predicted molar refractivity (Wildman–Crippen MR) is 65.2 cm³/mol. The van der Waals surface area contributed by atoms with Crippen LogP contribution in [0.4, 0.5) is 8.78 Å². The summed E-state index contributed by atoms with van der Waals surface area (Å²) < 4.78 is 30.5. The molecule has 0 fully saturated rings. The molecule has 0 saturated heterocycles. The van der Waals surface area contributed by atoms with Crippen LogP contribution in [-0.2, 0) is 0 Å². The van der Waals surface area contributed by atoms with Crippen molar-refractivity contribution >= 4 is 0 Å². The van der Waals surface area contributed by atoms with Crippen molar-refractivity contribution in [3.8, 4) is 11.4 Å². The molecule has 1 aromatic carbocycles. The second-order valence-corrected chi connectivity index (χ2v) is 3.95. The summed E-state index contributed by atoms with van der Waals surface area (Å²) in [6, 6.07) is 6.15. The Morgan fingerprint density at radius 1 is 1.37 bits per heavy atom. The molecular weight excluding hydrogens is 254 g/mol. The van der Waals surface area contributed by atoms with Crippen molar-refractivity contribution in [2.75, 3.05) is 0 Å². The Labute approximate surface area is 109 Å². The first-order valence-electron chi connectivity index (χ1n) is 5.84. The molecule has 0 radical (unpaired) electrons. The molecule has 1 unspecified atom stereocenters. The van der Waals surface area contributed by atoms with E-state index in [-0.39, 0.29) is 11.8 Å². The van der Waals surface area contributed by atoms with Crippen molar-refractivity contribution in [1.82, 2.24) is 15.0 Å². The fourth-order valence-electron chi connectivity index (χ4n) is 1.62. The lowest BCUT2D eigenvalue weighted by Crippen LogP contribution is -2.09. The molecule has 5 nitrogen and oxygen atoms in total. The number of halogens is 2. The van der Waals surface area contributed by atoms with Crippen LogP contribution in [0.2, 0.25) is 0 Å². The van der Waals surface area contributed by atoms with Gasteiger partial charge in [0, 0.05) is 0 Å². The largest absolute Gasteiger partial charge is 0.433 e. The molecule has 7 heteroatoms. The molecule has 0 spiro atoms. The Bertz CT molecular complexity index is 544. The molecule has 19 heavy (non-hydrogen) atoms. The molecule has 2 aromatic rings. The maximum atomic E-state index is 12.3. The molecule has 2 N–H and O–H groups in total. The SMILES string of the molecule is CCC(N)c1cn(-c2ccccc2OC(F)F)nn1. The van der Waals surface area contributed by atoms with E-state index in [1.54, 1.807) is 24.4 Å². The van der Waals surface area contributed by atoms with Crippen LogP contribution in [0.1, 0.15) is 25.1 Å². The smallest absolute Gasteiger partial charge is 0.387 e. The molecule has 0 saturated carbocycles. The van der Waals surface area contributed by atoms with E-state index in [0.717, 1.165) is 0 Å². The molecule has 2 rings (SSSR count). The van der Waals surface area contributed by atoms with E-state index < -0.39 is 6.61 Å². The first kappa shape index (κ1) is 13.4. The van der Waals surface area contributed by atoms with Crippen molar-refractivity contribution in [3.63, 3.8) is 0 Å². The van der Waals surface area contributed by atoms with Crippen LogP contribution in [-0.4, -0.2) is 21.6 Å². The van der Waals surface area contributed by atoms with Crippen LogP contribution in [0, 0.1) is 0 Å². The summed E-state index contributed by atoms with van der Waals surface area (Å²) in [6.07, 6.45) is 2.33. The van der Waals surface area contributed by atoms with Crippen LogP contribution in [0.3, 0.4) is 0 Å². The molecule has 0 amide bonds. The van der Waals surface area contributed by atoms with E-state index in [1.165, 1.54) is 10.7 Å². The molecule has 0 aliphatic carbocycles.